The third-order valence-electron chi connectivity index (χ3n) is 9.53. The Balaban J connectivity index is 1.94. The van der Waals surface area contributed by atoms with Crippen molar-refractivity contribution >= 4 is 14.1 Å². The molecule has 0 aromatic heterocycles. The molecule has 0 bridgehead atoms. The van der Waals surface area contributed by atoms with E-state index in [2.05, 4.69) is 55.4 Å². The van der Waals surface area contributed by atoms with Gasteiger partial charge in [0.1, 0.15) is 5.78 Å². The average Bonchev–Trinajstić information content (AvgIpc) is 3.08. The van der Waals surface area contributed by atoms with Crippen LogP contribution in [0.5, 0.6) is 0 Å². The minimum Gasteiger partial charge on any atom is -0.412 e. The Morgan fingerprint density at radius 2 is 1.74 bits per heavy atom. The molecule has 2 rings (SSSR count). The van der Waals surface area contributed by atoms with Gasteiger partial charge in [-0.3, -0.25) is 4.79 Å². The number of Topliss-reactive ketones (excluding diaryl/α,β-unsaturated/α-hetero) is 1. The highest BCUT2D eigenvalue weighted by atomic mass is 28.4. The van der Waals surface area contributed by atoms with Gasteiger partial charge in [0.25, 0.3) is 0 Å². The van der Waals surface area contributed by atoms with E-state index in [1.807, 2.05) is 0 Å². The van der Waals surface area contributed by atoms with E-state index in [1.54, 1.807) is 0 Å². The van der Waals surface area contributed by atoms with Crippen molar-refractivity contribution in [3.05, 3.63) is 0 Å². The van der Waals surface area contributed by atoms with Gasteiger partial charge in [0.2, 0.25) is 0 Å². The number of ketones is 1. The molecule has 0 unspecified atom stereocenters. The largest absolute Gasteiger partial charge is 0.412 e. The minimum atomic E-state index is -1.55. The van der Waals surface area contributed by atoms with Gasteiger partial charge >= 0.3 is 0 Å². The molecule has 0 spiro atoms. The highest BCUT2D eigenvalue weighted by molar-refractivity contribution is 6.73. The van der Waals surface area contributed by atoms with Crippen molar-refractivity contribution in [1.82, 2.24) is 0 Å². The molecule has 0 aromatic carbocycles. The number of hydrogen-bond donors (Lipinski definition) is 0. The van der Waals surface area contributed by atoms with Crippen LogP contribution in [0.2, 0.25) is 18.1 Å². The van der Waals surface area contributed by atoms with Gasteiger partial charge in [0.15, 0.2) is 8.32 Å². The molecule has 0 radical (unpaired) electrons. The van der Waals surface area contributed by atoms with Gasteiger partial charge in [-0.2, -0.15) is 0 Å². The lowest BCUT2D eigenvalue weighted by molar-refractivity contribution is -0.132. The monoisotopic (exact) mass is 450 g/mol. The molecule has 0 N–H and O–H groups in total. The predicted molar refractivity (Wildman–Crippen MR) is 137 cm³/mol. The molecular formula is C28H54O2Si. The molecule has 3 heteroatoms. The van der Waals surface area contributed by atoms with Crippen molar-refractivity contribution in [3.63, 3.8) is 0 Å². The van der Waals surface area contributed by atoms with Crippen molar-refractivity contribution in [2.24, 2.45) is 29.1 Å². The summed E-state index contributed by atoms with van der Waals surface area (Å²) in [5, 5.41) is 0. The lowest BCUT2D eigenvalue weighted by Crippen LogP contribution is -2.44. The van der Waals surface area contributed by atoms with Gasteiger partial charge in [-0.05, 0) is 80.8 Å². The standard InChI is InChI=1S/C28H54O2Si/c1-9-13-16-23-20-26(29)25-18-17-24(28(25,8)21-23)22(5)15-14-19-27(6,7)30-31(10-2,11-3)12-4/h22-25H,9-21H2,1-8H3/t22-,23+,24-,25+,28-/m1/s1. The molecule has 2 aliphatic carbocycles. The summed E-state index contributed by atoms with van der Waals surface area (Å²) in [6.07, 6.45) is 12.1. The van der Waals surface area contributed by atoms with E-state index in [9.17, 15) is 4.79 Å². The maximum Gasteiger partial charge on any atom is 0.192 e. The number of carbonyl (C=O) groups excluding carboxylic acids is 1. The Morgan fingerprint density at radius 3 is 2.32 bits per heavy atom. The molecule has 0 heterocycles. The molecule has 0 aliphatic heterocycles. The van der Waals surface area contributed by atoms with E-state index < -0.39 is 8.32 Å². The van der Waals surface area contributed by atoms with Crippen molar-refractivity contribution in [2.45, 2.75) is 143 Å². The van der Waals surface area contributed by atoms with Gasteiger partial charge in [0.05, 0.1) is 5.60 Å². The summed E-state index contributed by atoms with van der Waals surface area (Å²) >= 11 is 0. The Kier molecular flexibility index (Phi) is 9.89. The summed E-state index contributed by atoms with van der Waals surface area (Å²) in [5.74, 6) is 3.03. The summed E-state index contributed by atoms with van der Waals surface area (Å²) in [5.41, 5.74) is 0.260. The normalized spacial score (nSPS) is 30.5. The van der Waals surface area contributed by atoms with Gasteiger partial charge in [-0.15, -0.1) is 0 Å². The Bertz CT molecular complexity index is 559. The number of rotatable bonds is 13. The Morgan fingerprint density at radius 1 is 1.10 bits per heavy atom. The number of unbranched alkanes of at least 4 members (excludes halogenated alkanes) is 1. The maximum atomic E-state index is 13.0. The summed E-state index contributed by atoms with van der Waals surface area (Å²) in [6.45, 7) is 18.9. The molecule has 0 amide bonds. The van der Waals surface area contributed by atoms with Crippen LogP contribution in [0.4, 0.5) is 0 Å². The first kappa shape index (κ1) is 27.1. The van der Waals surface area contributed by atoms with Crippen LogP contribution in [0, 0.1) is 29.1 Å². The van der Waals surface area contributed by atoms with Crippen molar-refractivity contribution in [2.75, 3.05) is 0 Å². The van der Waals surface area contributed by atoms with Gasteiger partial charge in [-0.1, -0.05) is 73.6 Å². The van der Waals surface area contributed by atoms with E-state index in [4.69, 9.17) is 4.43 Å². The van der Waals surface area contributed by atoms with Crippen LogP contribution in [-0.2, 0) is 9.22 Å². The fourth-order valence-corrected chi connectivity index (χ4v) is 10.7. The molecule has 2 aliphatic rings. The SMILES string of the molecule is CCCC[C@H]1CC(=O)[C@@H]2CC[C@H]([C@H](C)CCCC(C)(C)O[Si](CC)(CC)CC)[C@@]2(C)C1. The van der Waals surface area contributed by atoms with Crippen LogP contribution in [0.15, 0.2) is 0 Å². The second-order valence-corrected chi connectivity index (χ2v) is 16.8. The first-order valence-corrected chi connectivity index (χ1v) is 16.3. The second kappa shape index (κ2) is 11.3. The van der Waals surface area contributed by atoms with Crippen LogP contribution >= 0.6 is 0 Å². The molecule has 5 atom stereocenters. The van der Waals surface area contributed by atoms with Gasteiger partial charge in [-0.25, -0.2) is 0 Å². The van der Waals surface area contributed by atoms with Crippen molar-refractivity contribution < 1.29 is 9.22 Å². The zero-order chi connectivity index (χ0) is 23.3. The fraction of sp³-hybridized carbons (Fsp3) is 0.964. The third-order valence-corrected chi connectivity index (χ3v) is 14.4. The van der Waals surface area contributed by atoms with Crippen LogP contribution in [0.3, 0.4) is 0 Å². The third kappa shape index (κ3) is 6.46. The molecule has 2 fully saturated rings. The summed E-state index contributed by atoms with van der Waals surface area (Å²) in [7, 11) is -1.55. The van der Waals surface area contributed by atoms with E-state index in [-0.39, 0.29) is 11.0 Å². The lowest BCUT2D eigenvalue weighted by atomic mass is 9.58. The van der Waals surface area contributed by atoms with Crippen molar-refractivity contribution in [1.29, 1.82) is 0 Å². The second-order valence-electron chi connectivity index (χ2n) is 12.1. The van der Waals surface area contributed by atoms with Crippen LogP contribution in [0.1, 0.15) is 120 Å². The zero-order valence-electron chi connectivity index (χ0n) is 22.3. The highest BCUT2D eigenvalue weighted by Crippen LogP contribution is 2.58. The number of hydrogen-bond acceptors (Lipinski definition) is 2. The first-order valence-electron chi connectivity index (χ1n) is 13.8. The van der Waals surface area contributed by atoms with E-state index in [1.165, 1.54) is 63.1 Å². The number of carbonyl (C=O) groups is 1. The zero-order valence-corrected chi connectivity index (χ0v) is 23.3. The Hall–Kier alpha value is -0.153. The summed E-state index contributed by atoms with van der Waals surface area (Å²) in [4.78, 5) is 13.0. The van der Waals surface area contributed by atoms with Gasteiger partial charge < -0.3 is 4.43 Å². The first-order chi connectivity index (χ1) is 14.6. The van der Waals surface area contributed by atoms with Crippen LogP contribution < -0.4 is 0 Å². The molecule has 0 saturated heterocycles. The van der Waals surface area contributed by atoms with E-state index in [0.717, 1.165) is 25.2 Å². The Labute approximate surface area is 195 Å². The molecule has 182 valence electrons. The molecular weight excluding hydrogens is 396 g/mol. The number of fused-ring (bicyclic) bond motifs is 1. The van der Waals surface area contributed by atoms with Crippen LogP contribution in [0.25, 0.3) is 0 Å². The average molecular weight is 451 g/mol. The fourth-order valence-electron chi connectivity index (χ4n) is 7.49. The molecule has 2 saturated carbocycles. The van der Waals surface area contributed by atoms with Crippen molar-refractivity contribution in [3.8, 4) is 0 Å². The maximum absolute atomic E-state index is 13.0. The lowest BCUT2D eigenvalue weighted by Gasteiger charge is -2.45. The van der Waals surface area contributed by atoms with E-state index in [0.29, 0.717) is 23.5 Å². The molecule has 0 aromatic rings. The van der Waals surface area contributed by atoms with Gasteiger partial charge in [0, 0.05) is 12.3 Å². The predicted octanol–water partition coefficient (Wildman–Crippen LogP) is 8.80. The highest BCUT2D eigenvalue weighted by Gasteiger charge is 2.54. The topological polar surface area (TPSA) is 26.3 Å². The summed E-state index contributed by atoms with van der Waals surface area (Å²) in [6, 6.07) is 3.69. The molecule has 2 nitrogen and oxygen atoms in total. The van der Waals surface area contributed by atoms with E-state index >= 15 is 0 Å². The minimum absolute atomic E-state index is 0.00212. The van der Waals surface area contributed by atoms with Crippen LogP contribution in [-0.4, -0.2) is 19.7 Å². The molecule has 31 heavy (non-hydrogen) atoms. The summed E-state index contributed by atoms with van der Waals surface area (Å²) < 4.78 is 6.85. The smallest absolute Gasteiger partial charge is 0.192 e. The quantitative estimate of drug-likeness (QED) is 0.262.